The number of methoxy groups -OCH3 is 3. The van der Waals surface area contributed by atoms with Gasteiger partial charge in [0.05, 0.1) is 38.0 Å². The summed E-state index contributed by atoms with van der Waals surface area (Å²) in [6.45, 7) is 1.80. The molecular weight excluding hydrogens is 438 g/mol. The largest absolute Gasteiger partial charge is 0.497 e. The molecule has 0 N–H and O–H groups in total. The fourth-order valence-corrected chi connectivity index (χ4v) is 5.07. The lowest BCUT2D eigenvalue weighted by atomic mass is 10.1. The number of nitrogens with zero attached hydrogens (tertiary/aromatic N) is 1. The van der Waals surface area contributed by atoms with Crippen molar-refractivity contribution in [2.75, 3.05) is 25.6 Å². The molecule has 3 rings (SSSR count). The summed E-state index contributed by atoms with van der Waals surface area (Å²) in [4.78, 5) is 0.136. The predicted molar refractivity (Wildman–Crippen MR) is 122 cm³/mol. The summed E-state index contributed by atoms with van der Waals surface area (Å²) in [5.41, 5.74) is 1.13. The van der Waals surface area contributed by atoms with Crippen molar-refractivity contribution >= 4 is 27.3 Å². The third kappa shape index (κ3) is 4.73. The number of benzene rings is 3. The van der Waals surface area contributed by atoms with E-state index in [4.69, 9.17) is 25.8 Å². The second kappa shape index (κ2) is 9.49. The van der Waals surface area contributed by atoms with Crippen LogP contribution in [0.5, 0.6) is 17.2 Å². The first kappa shape index (κ1) is 22.8. The van der Waals surface area contributed by atoms with Crippen LogP contribution in [-0.4, -0.2) is 29.7 Å². The molecule has 3 aromatic carbocycles. The van der Waals surface area contributed by atoms with E-state index in [0.717, 1.165) is 0 Å². The van der Waals surface area contributed by atoms with Crippen molar-refractivity contribution in [3.05, 3.63) is 77.3 Å². The number of ether oxygens (including phenoxy) is 3. The van der Waals surface area contributed by atoms with Crippen molar-refractivity contribution in [1.82, 2.24) is 0 Å². The van der Waals surface area contributed by atoms with Gasteiger partial charge in [0.15, 0.2) is 0 Å². The average molecular weight is 462 g/mol. The van der Waals surface area contributed by atoms with E-state index in [-0.39, 0.29) is 4.90 Å². The van der Waals surface area contributed by atoms with Crippen LogP contribution >= 0.6 is 11.6 Å². The van der Waals surface area contributed by atoms with Gasteiger partial charge in [-0.05, 0) is 73.7 Å². The van der Waals surface area contributed by atoms with Crippen LogP contribution in [-0.2, 0) is 10.0 Å². The first-order chi connectivity index (χ1) is 14.8. The predicted octanol–water partition coefficient (Wildman–Crippen LogP) is 5.32. The highest BCUT2D eigenvalue weighted by Gasteiger charge is 2.32. The Labute approximate surface area is 188 Å². The maximum Gasteiger partial charge on any atom is 0.264 e. The zero-order valence-electron chi connectivity index (χ0n) is 17.7. The highest BCUT2D eigenvalue weighted by molar-refractivity contribution is 7.92. The quantitative estimate of drug-likeness (QED) is 0.454. The molecule has 0 aliphatic rings. The summed E-state index contributed by atoms with van der Waals surface area (Å²) in [6.07, 6.45) is 0. The van der Waals surface area contributed by atoms with E-state index in [1.807, 2.05) is 0 Å². The van der Waals surface area contributed by atoms with E-state index in [1.165, 1.54) is 23.5 Å². The Morgan fingerprint density at radius 1 is 0.806 bits per heavy atom. The van der Waals surface area contributed by atoms with Gasteiger partial charge in [-0.25, -0.2) is 8.42 Å². The fourth-order valence-electron chi connectivity index (χ4n) is 3.31. The Morgan fingerprint density at radius 3 is 1.94 bits per heavy atom. The minimum atomic E-state index is -3.95. The molecule has 1 atom stereocenters. The average Bonchev–Trinajstić information content (AvgIpc) is 2.79. The molecule has 31 heavy (non-hydrogen) atoms. The molecule has 0 saturated carbocycles. The molecule has 0 amide bonds. The molecule has 0 saturated heterocycles. The third-order valence-electron chi connectivity index (χ3n) is 4.94. The van der Waals surface area contributed by atoms with Crippen LogP contribution in [0.2, 0.25) is 5.02 Å². The minimum Gasteiger partial charge on any atom is -0.497 e. The molecule has 0 aromatic heterocycles. The Kier molecular flexibility index (Phi) is 6.97. The van der Waals surface area contributed by atoms with Gasteiger partial charge in [-0.3, -0.25) is 4.31 Å². The van der Waals surface area contributed by atoms with E-state index in [1.54, 1.807) is 75.7 Å². The van der Waals surface area contributed by atoms with Crippen molar-refractivity contribution < 1.29 is 22.6 Å². The zero-order chi connectivity index (χ0) is 22.6. The molecule has 8 heteroatoms. The molecule has 0 bridgehead atoms. The highest BCUT2D eigenvalue weighted by Crippen LogP contribution is 2.39. The van der Waals surface area contributed by atoms with Crippen molar-refractivity contribution in [3.8, 4) is 17.2 Å². The van der Waals surface area contributed by atoms with Crippen LogP contribution in [0.4, 0.5) is 5.69 Å². The Hall–Kier alpha value is -2.90. The van der Waals surface area contributed by atoms with E-state index < -0.39 is 16.1 Å². The molecule has 6 nitrogen and oxygen atoms in total. The number of rotatable bonds is 8. The normalized spacial score (nSPS) is 12.2. The second-order valence-electron chi connectivity index (χ2n) is 6.74. The first-order valence-corrected chi connectivity index (χ1v) is 11.3. The number of sulfonamides is 1. The molecule has 0 fully saturated rings. The summed E-state index contributed by atoms with van der Waals surface area (Å²) in [7, 11) is 0.684. The monoisotopic (exact) mass is 461 g/mol. The Bertz CT molecular complexity index is 1130. The van der Waals surface area contributed by atoms with Gasteiger partial charge in [-0.2, -0.15) is 0 Å². The maximum atomic E-state index is 13.8. The van der Waals surface area contributed by atoms with Crippen LogP contribution < -0.4 is 18.5 Å². The summed E-state index contributed by atoms with van der Waals surface area (Å²) in [6, 6.07) is 17.6. The molecule has 0 aliphatic heterocycles. The van der Waals surface area contributed by atoms with Gasteiger partial charge in [-0.15, -0.1) is 0 Å². The fraction of sp³-hybridized carbons (Fsp3) is 0.217. The first-order valence-electron chi connectivity index (χ1n) is 9.47. The molecular formula is C23H24ClNO5S. The SMILES string of the molecule is COc1ccc(S(=O)(=O)N(c2ccc(Cl)cc2)[C@H](C)c2cc(OC)ccc2OC)cc1. The van der Waals surface area contributed by atoms with Crippen LogP contribution in [0.15, 0.2) is 71.6 Å². The number of halogens is 1. The van der Waals surface area contributed by atoms with Crippen molar-refractivity contribution in [1.29, 1.82) is 0 Å². The standard InChI is InChI=1S/C23H24ClNO5S/c1-16(22-15-20(29-3)11-14-23(22)30-4)25(18-7-5-17(24)6-8-18)31(26,27)21-12-9-19(28-2)10-13-21/h5-16H,1-4H3/t16-/m1/s1. The second-order valence-corrected chi connectivity index (χ2v) is 8.99. The molecule has 0 unspecified atom stereocenters. The van der Waals surface area contributed by atoms with Crippen molar-refractivity contribution in [3.63, 3.8) is 0 Å². The maximum absolute atomic E-state index is 13.8. The molecule has 0 aliphatic carbocycles. The van der Waals surface area contributed by atoms with E-state index >= 15 is 0 Å². The molecule has 0 heterocycles. The van der Waals surface area contributed by atoms with Gasteiger partial charge >= 0.3 is 0 Å². The smallest absolute Gasteiger partial charge is 0.264 e. The van der Waals surface area contributed by atoms with Crippen LogP contribution in [0.25, 0.3) is 0 Å². The number of hydrogen-bond acceptors (Lipinski definition) is 5. The van der Waals surface area contributed by atoms with E-state index in [2.05, 4.69) is 0 Å². The Balaban J connectivity index is 2.18. The highest BCUT2D eigenvalue weighted by atomic mass is 35.5. The topological polar surface area (TPSA) is 65.1 Å². The van der Waals surface area contributed by atoms with Gasteiger partial charge in [0, 0.05) is 10.6 Å². The number of hydrogen-bond donors (Lipinski definition) is 0. The number of anilines is 1. The zero-order valence-corrected chi connectivity index (χ0v) is 19.3. The van der Waals surface area contributed by atoms with Crippen LogP contribution in [0.1, 0.15) is 18.5 Å². The van der Waals surface area contributed by atoms with Crippen LogP contribution in [0, 0.1) is 0 Å². The summed E-state index contributed by atoms with van der Waals surface area (Å²) in [5.74, 6) is 1.72. The van der Waals surface area contributed by atoms with Crippen molar-refractivity contribution in [2.45, 2.75) is 17.9 Å². The molecule has 164 valence electrons. The van der Waals surface area contributed by atoms with Gasteiger partial charge < -0.3 is 14.2 Å². The summed E-state index contributed by atoms with van der Waals surface area (Å²) in [5, 5.41) is 0.511. The van der Waals surface area contributed by atoms with Gasteiger partial charge in [0.2, 0.25) is 0 Å². The molecule has 3 aromatic rings. The minimum absolute atomic E-state index is 0.136. The van der Waals surface area contributed by atoms with E-state index in [9.17, 15) is 8.42 Å². The van der Waals surface area contributed by atoms with Gasteiger partial charge in [0.25, 0.3) is 10.0 Å². The Morgan fingerprint density at radius 2 is 1.39 bits per heavy atom. The van der Waals surface area contributed by atoms with Crippen molar-refractivity contribution in [2.24, 2.45) is 0 Å². The third-order valence-corrected chi connectivity index (χ3v) is 7.10. The van der Waals surface area contributed by atoms with Gasteiger partial charge in [-0.1, -0.05) is 11.6 Å². The summed E-state index contributed by atoms with van der Waals surface area (Å²) < 4.78 is 44.9. The lowest BCUT2D eigenvalue weighted by Crippen LogP contribution is -2.34. The summed E-state index contributed by atoms with van der Waals surface area (Å²) >= 11 is 6.05. The van der Waals surface area contributed by atoms with Gasteiger partial charge in [0.1, 0.15) is 17.2 Å². The lowest BCUT2D eigenvalue weighted by molar-refractivity contribution is 0.396. The van der Waals surface area contributed by atoms with Crippen LogP contribution in [0.3, 0.4) is 0 Å². The molecule has 0 radical (unpaired) electrons. The lowest BCUT2D eigenvalue weighted by Gasteiger charge is -2.32. The van der Waals surface area contributed by atoms with E-state index in [0.29, 0.717) is 33.5 Å². The molecule has 0 spiro atoms.